The molecule has 0 aliphatic rings. The van der Waals surface area contributed by atoms with E-state index >= 15 is 0 Å². The SMILES string of the molecule is Cc1cc(O)c(C(C)(C)C)cc1C(C)CC(c1cc(C(C)(C)C)c(O)cc1C)c1cc(C(C)(C)C)c(O)cc1C.O=C(O)O. The lowest BCUT2D eigenvalue weighted by Crippen LogP contribution is -2.17. The van der Waals surface area contributed by atoms with Crippen molar-refractivity contribution in [3.05, 3.63) is 86.5 Å². The fraction of sp³-hybridized carbons (Fsp3) is 0.500. The van der Waals surface area contributed by atoms with Crippen molar-refractivity contribution < 1.29 is 30.3 Å². The summed E-state index contributed by atoms with van der Waals surface area (Å²) in [5.41, 5.74) is 9.11. The number of hydrogen-bond acceptors (Lipinski definition) is 4. The maximum Gasteiger partial charge on any atom is 0.503 e. The Morgan fingerprint density at radius 1 is 0.568 bits per heavy atom. The van der Waals surface area contributed by atoms with Crippen molar-refractivity contribution in [1.29, 1.82) is 0 Å². The highest BCUT2D eigenvalue weighted by Crippen LogP contribution is 2.45. The number of benzene rings is 3. The third kappa shape index (κ3) is 8.71. The van der Waals surface area contributed by atoms with Gasteiger partial charge in [-0.2, -0.15) is 0 Å². The van der Waals surface area contributed by atoms with Crippen LogP contribution in [0, 0.1) is 20.8 Å². The first-order chi connectivity index (χ1) is 19.9. The standard InChI is InChI=1S/C37H52O3.CH2O3/c1-21(25-18-29(35(5,6)7)32(38)15-22(25)2)14-28(26-19-30(36(8,9)10)33(39)16-23(26)3)27-20-31(37(11,12)13)34(40)17-24(27)4;2-1(3)4/h15-21,28,38-40H,14H2,1-13H3;(H2,2,3,4). The van der Waals surface area contributed by atoms with Gasteiger partial charge >= 0.3 is 6.16 Å². The summed E-state index contributed by atoms with van der Waals surface area (Å²) >= 11 is 0. The zero-order valence-electron chi connectivity index (χ0n) is 29.0. The van der Waals surface area contributed by atoms with Crippen molar-refractivity contribution in [2.45, 2.75) is 125 Å². The Hall–Kier alpha value is -3.67. The van der Waals surface area contributed by atoms with E-state index in [4.69, 9.17) is 15.0 Å². The molecular weight excluding hydrogens is 552 g/mol. The Bertz CT molecular complexity index is 1420. The minimum atomic E-state index is -1.83. The number of aryl methyl sites for hydroxylation is 3. The lowest BCUT2D eigenvalue weighted by atomic mass is 9.74. The van der Waals surface area contributed by atoms with Gasteiger partial charge in [-0.05, 0) is 118 Å². The molecule has 0 bridgehead atoms. The van der Waals surface area contributed by atoms with E-state index < -0.39 is 6.16 Å². The molecule has 0 fully saturated rings. The summed E-state index contributed by atoms with van der Waals surface area (Å²) in [6.45, 7) is 27.7. The second kappa shape index (κ2) is 13.1. The Morgan fingerprint density at radius 2 is 0.818 bits per heavy atom. The van der Waals surface area contributed by atoms with Crippen LogP contribution >= 0.6 is 0 Å². The molecular formula is C38H54O6. The van der Waals surface area contributed by atoms with Gasteiger partial charge in [0.05, 0.1) is 0 Å². The van der Waals surface area contributed by atoms with E-state index in [1.165, 1.54) is 16.7 Å². The van der Waals surface area contributed by atoms with Gasteiger partial charge in [-0.15, -0.1) is 0 Å². The average molecular weight is 607 g/mol. The first-order valence-electron chi connectivity index (χ1n) is 15.3. The third-order valence-corrected chi connectivity index (χ3v) is 8.45. The highest BCUT2D eigenvalue weighted by Gasteiger charge is 2.29. The van der Waals surface area contributed by atoms with Gasteiger partial charge in [0, 0.05) is 5.92 Å². The number of aromatic hydroxyl groups is 3. The predicted octanol–water partition coefficient (Wildman–Crippen LogP) is 10.2. The highest BCUT2D eigenvalue weighted by atomic mass is 16.6. The first kappa shape index (κ1) is 36.5. The molecule has 0 aromatic heterocycles. The minimum Gasteiger partial charge on any atom is -0.508 e. The molecule has 3 rings (SSSR count). The Morgan fingerprint density at radius 3 is 1.09 bits per heavy atom. The first-order valence-corrected chi connectivity index (χ1v) is 15.3. The third-order valence-electron chi connectivity index (χ3n) is 8.45. The molecule has 0 amide bonds. The summed E-state index contributed by atoms with van der Waals surface area (Å²) < 4.78 is 0. The monoisotopic (exact) mass is 606 g/mol. The number of hydrogen-bond donors (Lipinski definition) is 5. The van der Waals surface area contributed by atoms with Crippen molar-refractivity contribution in [2.24, 2.45) is 0 Å². The van der Waals surface area contributed by atoms with Gasteiger partial charge in [0.25, 0.3) is 0 Å². The van der Waals surface area contributed by atoms with E-state index in [1.54, 1.807) is 0 Å². The van der Waals surface area contributed by atoms with Crippen LogP contribution in [0.25, 0.3) is 0 Å². The summed E-state index contributed by atoms with van der Waals surface area (Å²) in [5.74, 6) is 1.27. The van der Waals surface area contributed by atoms with Gasteiger partial charge in [0.15, 0.2) is 0 Å². The summed E-state index contributed by atoms with van der Waals surface area (Å²) in [7, 11) is 0. The zero-order valence-corrected chi connectivity index (χ0v) is 29.0. The van der Waals surface area contributed by atoms with E-state index in [9.17, 15) is 15.3 Å². The Labute approximate surface area is 264 Å². The van der Waals surface area contributed by atoms with Crippen LogP contribution in [0.2, 0.25) is 0 Å². The lowest BCUT2D eigenvalue weighted by Gasteiger charge is -2.31. The van der Waals surface area contributed by atoms with E-state index in [-0.39, 0.29) is 28.1 Å². The van der Waals surface area contributed by atoms with E-state index in [0.29, 0.717) is 17.2 Å². The molecule has 0 saturated carbocycles. The number of carbonyl (C=O) groups is 1. The highest BCUT2D eigenvalue weighted by molar-refractivity contribution is 5.54. The molecule has 3 aromatic carbocycles. The molecule has 0 spiro atoms. The summed E-state index contributed by atoms with van der Waals surface area (Å²) in [4.78, 5) is 8.56. The summed E-state index contributed by atoms with van der Waals surface area (Å²) in [6.07, 6.45) is -0.987. The van der Waals surface area contributed by atoms with Crippen LogP contribution in [0.3, 0.4) is 0 Å². The van der Waals surface area contributed by atoms with Gasteiger partial charge in [-0.25, -0.2) is 4.79 Å². The van der Waals surface area contributed by atoms with E-state index in [1.807, 2.05) is 18.2 Å². The molecule has 6 heteroatoms. The number of phenols is 3. The van der Waals surface area contributed by atoms with Crippen LogP contribution in [-0.2, 0) is 16.2 Å². The van der Waals surface area contributed by atoms with Crippen molar-refractivity contribution >= 4 is 6.16 Å². The Kier molecular flexibility index (Phi) is 10.9. The average Bonchev–Trinajstić information content (AvgIpc) is 2.80. The van der Waals surface area contributed by atoms with Crippen molar-refractivity contribution in [3.8, 4) is 17.2 Å². The van der Waals surface area contributed by atoms with Gasteiger partial charge in [-0.1, -0.05) is 87.4 Å². The number of phenolic OH excluding ortho intramolecular Hbond substituents is 3. The molecule has 0 heterocycles. The van der Waals surface area contributed by atoms with Gasteiger partial charge in [0.1, 0.15) is 17.2 Å². The molecule has 0 saturated heterocycles. The second-order valence-electron chi connectivity index (χ2n) is 15.4. The quantitative estimate of drug-likeness (QED) is 0.197. The zero-order chi connectivity index (χ0) is 34.1. The van der Waals surface area contributed by atoms with Crippen LogP contribution in [-0.4, -0.2) is 31.7 Å². The summed E-state index contributed by atoms with van der Waals surface area (Å²) in [5, 5.41) is 46.5. The molecule has 1 unspecified atom stereocenters. The number of rotatable bonds is 5. The van der Waals surface area contributed by atoms with Crippen LogP contribution in [0.1, 0.15) is 138 Å². The van der Waals surface area contributed by atoms with E-state index in [0.717, 1.165) is 39.8 Å². The van der Waals surface area contributed by atoms with Crippen molar-refractivity contribution in [2.75, 3.05) is 0 Å². The van der Waals surface area contributed by atoms with Gasteiger partial charge in [-0.3, -0.25) is 0 Å². The van der Waals surface area contributed by atoms with E-state index in [2.05, 4.69) is 108 Å². The topological polar surface area (TPSA) is 118 Å². The van der Waals surface area contributed by atoms with Crippen LogP contribution < -0.4 is 0 Å². The normalized spacial score (nSPS) is 13.0. The number of carboxylic acid groups (broad SMARTS) is 2. The fourth-order valence-corrected chi connectivity index (χ4v) is 6.11. The molecule has 5 N–H and O–H groups in total. The maximum absolute atomic E-state index is 10.9. The minimum absolute atomic E-state index is 0.0460. The van der Waals surface area contributed by atoms with Gasteiger partial charge < -0.3 is 25.5 Å². The maximum atomic E-state index is 10.9. The molecule has 1 atom stereocenters. The molecule has 0 radical (unpaired) electrons. The smallest absolute Gasteiger partial charge is 0.503 e. The molecule has 44 heavy (non-hydrogen) atoms. The molecule has 0 aliphatic heterocycles. The van der Waals surface area contributed by atoms with Crippen LogP contribution in [0.15, 0.2) is 36.4 Å². The fourth-order valence-electron chi connectivity index (χ4n) is 6.11. The van der Waals surface area contributed by atoms with Crippen LogP contribution in [0.5, 0.6) is 17.2 Å². The van der Waals surface area contributed by atoms with Crippen molar-refractivity contribution in [3.63, 3.8) is 0 Å². The van der Waals surface area contributed by atoms with Gasteiger partial charge in [0.2, 0.25) is 0 Å². The lowest BCUT2D eigenvalue weighted by molar-refractivity contribution is 0.137. The summed E-state index contributed by atoms with van der Waals surface area (Å²) in [6, 6.07) is 12.3. The van der Waals surface area contributed by atoms with Crippen molar-refractivity contribution in [1.82, 2.24) is 0 Å². The molecule has 0 aliphatic carbocycles. The largest absolute Gasteiger partial charge is 0.508 e. The molecule has 3 aromatic rings. The second-order valence-corrected chi connectivity index (χ2v) is 15.4. The van der Waals surface area contributed by atoms with Crippen LogP contribution in [0.4, 0.5) is 4.79 Å². The Balaban J connectivity index is 0.00000159. The molecule has 242 valence electrons. The predicted molar refractivity (Wildman–Crippen MR) is 180 cm³/mol. The molecule has 6 nitrogen and oxygen atoms in total.